The van der Waals surface area contributed by atoms with Gasteiger partial charge >= 0.3 is 0 Å². The van der Waals surface area contributed by atoms with Crippen molar-refractivity contribution in [2.45, 2.75) is 18.9 Å². The Morgan fingerprint density at radius 2 is 2.04 bits per heavy atom. The summed E-state index contributed by atoms with van der Waals surface area (Å²) in [5.74, 6) is 1.28. The molecule has 0 atom stereocenters. The lowest BCUT2D eigenvalue weighted by atomic mass is 10.2. The number of hydrogen-bond acceptors (Lipinski definition) is 7. The summed E-state index contributed by atoms with van der Waals surface area (Å²) in [6.45, 7) is 0. The van der Waals surface area contributed by atoms with Crippen LogP contribution in [0.4, 0.5) is 17.3 Å². The van der Waals surface area contributed by atoms with Crippen LogP contribution < -0.4 is 16.8 Å². The van der Waals surface area contributed by atoms with E-state index < -0.39 is 0 Å². The van der Waals surface area contributed by atoms with Crippen molar-refractivity contribution < 1.29 is 0 Å². The molecule has 0 aliphatic heterocycles. The second-order valence-corrected chi connectivity index (χ2v) is 6.47. The highest BCUT2D eigenvalue weighted by Gasteiger charge is 2.22. The van der Waals surface area contributed by atoms with Gasteiger partial charge in [0.2, 0.25) is 0 Å². The predicted molar refractivity (Wildman–Crippen MR) is 96.0 cm³/mol. The van der Waals surface area contributed by atoms with Crippen molar-refractivity contribution in [1.29, 1.82) is 0 Å². The molecule has 3 aromatic heterocycles. The second-order valence-electron chi connectivity index (χ2n) is 5.59. The van der Waals surface area contributed by atoms with Crippen LogP contribution >= 0.6 is 11.3 Å². The lowest BCUT2D eigenvalue weighted by Gasteiger charge is -2.03. The number of pyridine rings is 1. The number of nitrogens with zero attached hydrogens (tertiary/aromatic N) is 3. The number of hydrogen-bond donors (Lipinski definition) is 3. The molecule has 0 saturated heterocycles. The zero-order valence-corrected chi connectivity index (χ0v) is 13.2. The molecule has 0 unspecified atom stereocenters. The lowest BCUT2D eigenvalue weighted by Crippen LogP contribution is -2.03. The van der Waals surface area contributed by atoms with Crippen LogP contribution in [0.25, 0.3) is 22.4 Å². The molecule has 6 nitrogen and oxygen atoms in total. The van der Waals surface area contributed by atoms with Gasteiger partial charge < -0.3 is 16.8 Å². The van der Waals surface area contributed by atoms with E-state index in [-0.39, 0.29) is 0 Å². The summed E-state index contributed by atoms with van der Waals surface area (Å²) in [6, 6.07) is 2.38. The minimum absolute atomic E-state index is 0.353. The molecule has 116 valence electrons. The van der Waals surface area contributed by atoms with Crippen molar-refractivity contribution in [2.75, 3.05) is 16.8 Å². The average Bonchev–Trinajstić information content (AvgIpc) is 3.26. The number of rotatable bonds is 4. The molecular weight excluding hydrogens is 308 g/mol. The first-order valence-corrected chi connectivity index (χ1v) is 8.26. The van der Waals surface area contributed by atoms with E-state index in [4.69, 9.17) is 11.5 Å². The Hall–Kier alpha value is -2.67. The highest BCUT2D eigenvalue weighted by molar-refractivity contribution is 7.18. The van der Waals surface area contributed by atoms with Crippen molar-refractivity contribution in [2.24, 2.45) is 0 Å². The maximum atomic E-state index is 5.78. The molecule has 0 spiro atoms. The third-order valence-corrected chi connectivity index (χ3v) is 4.72. The Morgan fingerprint density at radius 1 is 1.17 bits per heavy atom. The van der Waals surface area contributed by atoms with Crippen molar-refractivity contribution in [3.63, 3.8) is 0 Å². The minimum atomic E-state index is 0.353. The maximum absolute atomic E-state index is 5.78. The van der Waals surface area contributed by atoms with Gasteiger partial charge in [-0.1, -0.05) is 12.2 Å². The van der Waals surface area contributed by atoms with Crippen LogP contribution in [0.5, 0.6) is 0 Å². The Labute approximate surface area is 137 Å². The van der Waals surface area contributed by atoms with Gasteiger partial charge in [0.1, 0.15) is 18.0 Å². The first-order valence-electron chi connectivity index (χ1n) is 7.38. The quantitative estimate of drug-likeness (QED) is 0.682. The second kappa shape index (κ2) is 5.51. The lowest BCUT2D eigenvalue weighted by molar-refractivity contribution is 1.11. The maximum Gasteiger partial charge on any atom is 0.147 e. The van der Waals surface area contributed by atoms with E-state index in [1.165, 1.54) is 12.8 Å². The normalized spacial score (nSPS) is 14.6. The average molecular weight is 324 g/mol. The zero-order valence-electron chi connectivity index (χ0n) is 12.4. The smallest absolute Gasteiger partial charge is 0.147 e. The molecule has 5 N–H and O–H groups in total. The van der Waals surface area contributed by atoms with Gasteiger partial charge in [0.05, 0.1) is 15.9 Å². The monoisotopic (exact) mass is 324 g/mol. The van der Waals surface area contributed by atoms with Gasteiger partial charge in [0.15, 0.2) is 0 Å². The number of nitrogen functional groups attached to an aromatic ring is 2. The number of aromatic nitrogens is 3. The molecular formula is C16H16N6S. The van der Waals surface area contributed by atoms with Gasteiger partial charge in [-0.15, -0.1) is 11.3 Å². The minimum Gasteiger partial charge on any atom is -0.396 e. The van der Waals surface area contributed by atoms with Crippen LogP contribution in [0.3, 0.4) is 0 Å². The zero-order chi connectivity index (χ0) is 15.8. The summed E-state index contributed by atoms with van der Waals surface area (Å²) in [5, 5.41) is 5.54. The number of fused-ring (bicyclic) bond motifs is 1. The van der Waals surface area contributed by atoms with Crippen LogP contribution in [0, 0.1) is 0 Å². The van der Waals surface area contributed by atoms with Crippen LogP contribution in [0.2, 0.25) is 0 Å². The van der Waals surface area contributed by atoms with Gasteiger partial charge in [0, 0.05) is 23.2 Å². The van der Waals surface area contributed by atoms with Crippen molar-refractivity contribution in [3.05, 3.63) is 35.1 Å². The fourth-order valence-corrected chi connectivity index (χ4v) is 3.24. The van der Waals surface area contributed by atoms with Crippen molar-refractivity contribution in [3.8, 4) is 0 Å². The van der Waals surface area contributed by atoms with E-state index in [0.717, 1.165) is 27.2 Å². The van der Waals surface area contributed by atoms with Gasteiger partial charge in [-0.3, -0.25) is 0 Å². The summed E-state index contributed by atoms with van der Waals surface area (Å²) >= 11 is 1.65. The van der Waals surface area contributed by atoms with Gasteiger partial charge in [-0.25, -0.2) is 15.0 Å². The molecule has 3 aromatic rings. The van der Waals surface area contributed by atoms with Crippen LogP contribution in [0.15, 0.2) is 24.0 Å². The van der Waals surface area contributed by atoms with Gasteiger partial charge in [0.25, 0.3) is 0 Å². The SMILES string of the molecule is Nc1cc(C=Cc2csc3c(NC4CC4)ncnc23)cnc1N. The Balaban J connectivity index is 1.66. The molecule has 1 aliphatic carbocycles. The molecule has 0 amide bonds. The third-order valence-electron chi connectivity index (χ3n) is 3.73. The number of anilines is 3. The summed E-state index contributed by atoms with van der Waals surface area (Å²) in [4.78, 5) is 12.8. The molecule has 4 rings (SSSR count). The number of thiophene rings is 1. The largest absolute Gasteiger partial charge is 0.396 e. The van der Waals surface area contributed by atoms with Crippen LogP contribution in [-0.2, 0) is 0 Å². The number of nitrogens with one attached hydrogen (secondary N) is 1. The van der Waals surface area contributed by atoms with E-state index in [2.05, 4.69) is 25.6 Å². The third kappa shape index (κ3) is 2.83. The van der Waals surface area contributed by atoms with Crippen molar-refractivity contribution in [1.82, 2.24) is 15.0 Å². The van der Waals surface area contributed by atoms with Crippen LogP contribution in [0.1, 0.15) is 24.0 Å². The Morgan fingerprint density at radius 3 is 2.83 bits per heavy atom. The number of nitrogens with two attached hydrogens (primary N) is 2. The molecule has 1 aliphatic rings. The standard InChI is InChI=1S/C16H16N6S/c17-12-5-9(6-19-15(12)18)1-2-10-7-23-14-13(10)20-8-21-16(14)22-11-3-4-11/h1-2,5-8,11H,3-4,17H2,(H2,18,19)(H,20,21,22). The Bertz CT molecular complexity index is 897. The van der Waals surface area contributed by atoms with E-state index >= 15 is 0 Å². The Kier molecular flexibility index (Phi) is 3.34. The first kappa shape index (κ1) is 14.0. The van der Waals surface area contributed by atoms with Gasteiger partial charge in [-0.2, -0.15) is 0 Å². The summed E-state index contributed by atoms with van der Waals surface area (Å²) < 4.78 is 1.09. The molecule has 0 aromatic carbocycles. The summed E-state index contributed by atoms with van der Waals surface area (Å²) in [6.07, 6.45) is 9.72. The molecule has 0 radical (unpaired) electrons. The molecule has 3 heterocycles. The summed E-state index contributed by atoms with van der Waals surface area (Å²) in [5.41, 5.74) is 14.8. The van der Waals surface area contributed by atoms with E-state index in [9.17, 15) is 0 Å². The van der Waals surface area contributed by atoms with E-state index in [0.29, 0.717) is 17.5 Å². The highest BCUT2D eigenvalue weighted by atomic mass is 32.1. The fraction of sp³-hybridized carbons (Fsp3) is 0.188. The first-order chi connectivity index (χ1) is 11.2. The van der Waals surface area contributed by atoms with Crippen molar-refractivity contribution >= 4 is 51.0 Å². The molecule has 23 heavy (non-hydrogen) atoms. The fourth-order valence-electron chi connectivity index (χ4n) is 2.30. The molecule has 0 bridgehead atoms. The molecule has 1 saturated carbocycles. The van der Waals surface area contributed by atoms with Crippen LogP contribution in [-0.4, -0.2) is 21.0 Å². The van der Waals surface area contributed by atoms with Gasteiger partial charge in [-0.05, 0) is 24.5 Å². The molecule has 1 fully saturated rings. The topological polar surface area (TPSA) is 103 Å². The highest BCUT2D eigenvalue weighted by Crippen LogP contribution is 2.33. The summed E-state index contributed by atoms with van der Waals surface area (Å²) in [7, 11) is 0. The van der Waals surface area contributed by atoms with E-state index in [1.807, 2.05) is 18.2 Å². The molecule has 7 heteroatoms. The predicted octanol–water partition coefficient (Wildman–Crippen LogP) is 3.00. The van der Waals surface area contributed by atoms with E-state index in [1.54, 1.807) is 23.9 Å².